The van der Waals surface area contributed by atoms with E-state index in [2.05, 4.69) is 26.1 Å². The minimum Gasteiger partial charge on any atom is -0.240 e. The van der Waals surface area contributed by atoms with Crippen molar-refractivity contribution in [2.75, 3.05) is 0 Å². The van der Waals surface area contributed by atoms with Crippen LogP contribution in [-0.4, -0.2) is 44.3 Å². The third-order valence-electron chi connectivity index (χ3n) is 6.80. The minimum atomic E-state index is -6.54. The van der Waals surface area contributed by atoms with E-state index < -0.39 is 104 Å². The normalized spacial score (nSPS) is 14.0. The van der Waals surface area contributed by atoms with Gasteiger partial charge in [-0.25, -0.2) is 18.1 Å². The van der Waals surface area contributed by atoms with Crippen molar-refractivity contribution < 1.29 is 87.8 Å². The van der Waals surface area contributed by atoms with Crippen LogP contribution in [0.5, 0.6) is 0 Å². The lowest BCUT2D eigenvalue weighted by molar-refractivity contribution is -0.349. The molecule has 0 radical (unpaired) electrons. The molecule has 0 saturated heterocycles. The van der Waals surface area contributed by atoms with E-state index in [4.69, 9.17) is 0 Å². The molecule has 0 amide bonds. The zero-order chi connectivity index (χ0) is 40.3. The molecule has 0 atom stereocenters. The molecule has 0 unspecified atom stereocenters. The van der Waals surface area contributed by atoms with Crippen LogP contribution < -0.4 is 0 Å². The molecule has 0 aliphatic rings. The molecule has 0 spiro atoms. The van der Waals surface area contributed by atoms with E-state index in [0.717, 1.165) is 31.7 Å². The van der Waals surface area contributed by atoms with E-state index >= 15 is 0 Å². The molecular formula is C27H13BrF20N4. The van der Waals surface area contributed by atoms with Crippen molar-refractivity contribution >= 4 is 15.9 Å². The van der Waals surface area contributed by atoms with Crippen LogP contribution in [0.1, 0.15) is 27.8 Å². The molecule has 4 aromatic rings. The van der Waals surface area contributed by atoms with Gasteiger partial charge in [-0.1, -0.05) is 6.07 Å². The zero-order valence-corrected chi connectivity index (χ0v) is 26.1. The fraction of sp³-hybridized carbons (Fsp3) is 0.333. The van der Waals surface area contributed by atoms with Gasteiger partial charge in [0, 0.05) is 40.4 Å². The Labute approximate surface area is 283 Å². The molecule has 25 heteroatoms. The molecule has 0 N–H and O–H groups in total. The van der Waals surface area contributed by atoms with Gasteiger partial charge in [0.25, 0.3) is 0 Å². The number of rotatable bonds is 4. The third kappa shape index (κ3) is 7.68. The van der Waals surface area contributed by atoms with Crippen molar-refractivity contribution in [3.8, 4) is 11.4 Å². The lowest BCUT2D eigenvalue weighted by Crippen LogP contribution is -2.50. The lowest BCUT2D eigenvalue weighted by atomic mass is 9.90. The number of halogens is 21. The monoisotopic (exact) mass is 852 g/mol. The van der Waals surface area contributed by atoms with Crippen molar-refractivity contribution in [1.82, 2.24) is 19.6 Å². The first-order valence-electron chi connectivity index (χ1n) is 13.0. The van der Waals surface area contributed by atoms with Crippen molar-refractivity contribution in [3.05, 3.63) is 93.5 Å². The first-order valence-corrected chi connectivity index (χ1v) is 13.8. The molecule has 0 aliphatic carbocycles. The lowest BCUT2D eigenvalue weighted by Gasteiger charge is -2.31. The predicted octanol–water partition coefficient (Wildman–Crippen LogP) is 11.4. The Hall–Kier alpha value is -4.06. The van der Waals surface area contributed by atoms with Gasteiger partial charge in [0.05, 0.1) is 22.5 Å². The highest BCUT2D eigenvalue weighted by Crippen LogP contribution is 2.56. The van der Waals surface area contributed by atoms with Gasteiger partial charge >= 0.3 is 48.4 Å². The number of hydrogen-bond donors (Lipinski definition) is 0. The Morgan fingerprint density at radius 1 is 0.481 bits per heavy atom. The molecule has 2 aromatic heterocycles. The number of nitrogens with zero attached hydrogens (tertiary/aromatic N) is 4. The van der Waals surface area contributed by atoms with Gasteiger partial charge in [-0.15, -0.1) is 0 Å². The summed E-state index contributed by atoms with van der Waals surface area (Å²) in [6.07, 6.45) is -32.8. The Bertz CT molecular complexity index is 1680. The van der Waals surface area contributed by atoms with Gasteiger partial charge in [-0.3, -0.25) is 0 Å². The SMILES string of the molecule is Cc1cc(C(F)(C(F)(F)F)C(F)(F)F)cc(C(F)(F)F)c1-n1cccn1.FC(F)(F)c1cc(C(F)(C(F)(F)F)C(F)(F)F)cc(Br)c1-n1cccn1. The number of aromatic nitrogens is 4. The first-order chi connectivity index (χ1) is 23.2. The van der Waals surface area contributed by atoms with Gasteiger partial charge in [0.1, 0.15) is 0 Å². The van der Waals surface area contributed by atoms with Crippen LogP contribution in [0.3, 0.4) is 0 Å². The first kappa shape index (κ1) is 42.4. The van der Waals surface area contributed by atoms with Crippen LogP contribution in [0, 0.1) is 6.92 Å². The largest absolute Gasteiger partial charge is 0.435 e. The standard InChI is InChI=1S/C14H8F10N2.C13H5BrF10N2/c1-7-5-8(11(15,13(19,20)21)14(22,23)24)6-9(12(16,17)18)10(7)26-4-2-3-25-26;14-8-5-6(10(15,12(19,20)21)13(22,23)24)4-7(11(16,17)18)9(8)26-3-1-2-25-26/h2-6H,1H3;1-5H. The van der Waals surface area contributed by atoms with E-state index in [1.54, 1.807) is 0 Å². The molecule has 52 heavy (non-hydrogen) atoms. The second-order valence-corrected chi connectivity index (χ2v) is 11.1. The second-order valence-electron chi connectivity index (χ2n) is 10.2. The van der Waals surface area contributed by atoms with Crippen LogP contribution in [0.25, 0.3) is 11.4 Å². The average Bonchev–Trinajstić information content (AvgIpc) is 3.67. The van der Waals surface area contributed by atoms with Gasteiger partial charge < -0.3 is 0 Å². The molecule has 288 valence electrons. The van der Waals surface area contributed by atoms with Crippen LogP contribution in [-0.2, 0) is 23.7 Å². The molecule has 2 heterocycles. The minimum absolute atomic E-state index is 0.00671. The molecule has 2 aromatic carbocycles. The molecule has 0 aliphatic heterocycles. The summed E-state index contributed by atoms with van der Waals surface area (Å²) < 4.78 is 262. The maximum absolute atomic E-state index is 14.1. The topological polar surface area (TPSA) is 35.6 Å². The van der Waals surface area contributed by atoms with Gasteiger partial charge in [0.15, 0.2) is 0 Å². The summed E-state index contributed by atoms with van der Waals surface area (Å²) in [5.74, 6) is 0. The van der Waals surface area contributed by atoms with Crippen LogP contribution in [0.15, 0.2) is 65.7 Å². The van der Waals surface area contributed by atoms with E-state index in [0.29, 0.717) is 9.36 Å². The summed E-state index contributed by atoms with van der Waals surface area (Å²) in [6.45, 7) is 0.822. The van der Waals surface area contributed by atoms with E-state index in [1.807, 2.05) is 0 Å². The molecule has 0 saturated carbocycles. The summed E-state index contributed by atoms with van der Waals surface area (Å²) in [4.78, 5) is 0. The quantitative estimate of drug-likeness (QED) is 0.192. The fourth-order valence-electron chi connectivity index (χ4n) is 4.52. The van der Waals surface area contributed by atoms with E-state index in [9.17, 15) is 87.8 Å². The third-order valence-corrected chi connectivity index (χ3v) is 7.40. The van der Waals surface area contributed by atoms with Crippen LogP contribution in [0.4, 0.5) is 87.8 Å². The summed E-state index contributed by atoms with van der Waals surface area (Å²) in [5, 5.41) is 6.95. The highest BCUT2D eigenvalue weighted by atomic mass is 79.9. The fourth-order valence-corrected chi connectivity index (χ4v) is 5.17. The summed E-state index contributed by atoms with van der Waals surface area (Å²) >= 11 is 2.48. The Balaban J connectivity index is 0.000000280. The summed E-state index contributed by atoms with van der Waals surface area (Å²) in [7, 11) is 0. The maximum Gasteiger partial charge on any atom is 0.435 e. The van der Waals surface area contributed by atoms with Gasteiger partial charge in [-0.2, -0.15) is 89.2 Å². The number of aryl methyl sites for hydroxylation is 1. The van der Waals surface area contributed by atoms with E-state index in [-0.39, 0.29) is 12.1 Å². The van der Waals surface area contributed by atoms with Crippen molar-refractivity contribution in [1.29, 1.82) is 0 Å². The molecule has 0 bridgehead atoms. The van der Waals surface area contributed by atoms with Crippen molar-refractivity contribution in [3.63, 3.8) is 0 Å². The molecule has 4 nitrogen and oxygen atoms in total. The number of benzene rings is 2. The predicted molar refractivity (Wildman–Crippen MR) is 139 cm³/mol. The van der Waals surface area contributed by atoms with Crippen LogP contribution >= 0.6 is 15.9 Å². The molecular weight excluding hydrogens is 840 g/mol. The zero-order valence-electron chi connectivity index (χ0n) is 24.5. The average molecular weight is 853 g/mol. The maximum atomic E-state index is 14.1. The number of alkyl halides is 20. The van der Waals surface area contributed by atoms with Crippen molar-refractivity contribution in [2.45, 2.75) is 55.3 Å². The Morgan fingerprint density at radius 3 is 1.12 bits per heavy atom. The second kappa shape index (κ2) is 13.4. The highest BCUT2D eigenvalue weighted by Gasteiger charge is 2.75. The molecule has 4 rings (SSSR count). The number of hydrogen-bond acceptors (Lipinski definition) is 2. The molecule has 0 fully saturated rings. The Morgan fingerprint density at radius 2 is 0.808 bits per heavy atom. The van der Waals surface area contributed by atoms with Gasteiger partial charge in [0.2, 0.25) is 0 Å². The van der Waals surface area contributed by atoms with Crippen LogP contribution in [0.2, 0.25) is 0 Å². The smallest absolute Gasteiger partial charge is 0.240 e. The summed E-state index contributed by atoms with van der Waals surface area (Å²) in [5.41, 5.74) is -22.6. The summed E-state index contributed by atoms with van der Waals surface area (Å²) in [6, 6.07) is 1.41. The van der Waals surface area contributed by atoms with E-state index in [1.165, 1.54) is 12.1 Å². The van der Waals surface area contributed by atoms with Crippen molar-refractivity contribution in [2.24, 2.45) is 0 Å². The Kier molecular flexibility index (Phi) is 10.9. The van der Waals surface area contributed by atoms with Gasteiger partial charge in [-0.05, 0) is 58.7 Å². The highest BCUT2D eigenvalue weighted by molar-refractivity contribution is 9.10.